The van der Waals surface area contributed by atoms with Gasteiger partial charge in [-0.2, -0.15) is 0 Å². The van der Waals surface area contributed by atoms with Gasteiger partial charge in [0.05, 0.1) is 0 Å². The van der Waals surface area contributed by atoms with Crippen LogP contribution < -0.4 is 5.32 Å². The molecule has 0 aliphatic carbocycles. The molecule has 2 heterocycles. The molecular weight excluding hydrogens is 266 g/mol. The minimum Gasteiger partial charge on any atom is -0.349 e. The molecule has 5 heteroatoms. The highest BCUT2D eigenvalue weighted by Gasteiger charge is 2.23. The number of nitrogens with zero attached hydrogens (tertiary/aromatic N) is 2. The maximum absolute atomic E-state index is 12.0. The van der Waals surface area contributed by atoms with Crippen LogP contribution in [-0.2, 0) is 4.79 Å². The maximum Gasteiger partial charge on any atom is 0.251 e. The number of allylic oxidation sites excluding steroid dienone is 1. The first-order valence-electron chi connectivity index (χ1n) is 7.21. The minimum absolute atomic E-state index is 0.0638. The van der Waals surface area contributed by atoms with Crippen LogP contribution in [0.2, 0.25) is 0 Å². The van der Waals surface area contributed by atoms with Gasteiger partial charge in [0, 0.05) is 43.2 Å². The van der Waals surface area contributed by atoms with Crippen molar-refractivity contribution in [3.8, 4) is 0 Å². The second kappa shape index (κ2) is 7.02. The summed E-state index contributed by atoms with van der Waals surface area (Å²) in [6, 6.07) is 3.52. The summed E-state index contributed by atoms with van der Waals surface area (Å²) in [5, 5.41) is 3.02. The summed E-state index contributed by atoms with van der Waals surface area (Å²) in [4.78, 5) is 29.7. The molecule has 5 nitrogen and oxygen atoms in total. The van der Waals surface area contributed by atoms with Crippen LogP contribution >= 0.6 is 0 Å². The van der Waals surface area contributed by atoms with Gasteiger partial charge in [0.1, 0.15) is 0 Å². The largest absolute Gasteiger partial charge is 0.349 e. The molecule has 2 amide bonds. The number of carbonyl (C=O) groups is 2. The van der Waals surface area contributed by atoms with Crippen molar-refractivity contribution in [1.29, 1.82) is 0 Å². The lowest BCUT2D eigenvalue weighted by Gasteiger charge is -2.31. The van der Waals surface area contributed by atoms with Crippen molar-refractivity contribution in [3.63, 3.8) is 0 Å². The van der Waals surface area contributed by atoms with Gasteiger partial charge in [-0.25, -0.2) is 0 Å². The standard InChI is InChI=1S/C16H21N3O2/c1-12(2)11-15(20)19-9-5-14(6-10-19)18-16(21)13-3-7-17-8-4-13/h3-4,7-8,11,14H,5-6,9-10H2,1-2H3,(H,18,21). The molecule has 0 radical (unpaired) electrons. The third-order valence-corrected chi connectivity index (χ3v) is 3.50. The van der Waals surface area contributed by atoms with Crippen LogP contribution in [0, 0.1) is 0 Å². The van der Waals surface area contributed by atoms with E-state index in [2.05, 4.69) is 10.3 Å². The SMILES string of the molecule is CC(C)=CC(=O)N1CCC(NC(=O)c2ccncc2)CC1. The van der Waals surface area contributed by atoms with E-state index in [4.69, 9.17) is 0 Å². The monoisotopic (exact) mass is 287 g/mol. The fourth-order valence-corrected chi connectivity index (χ4v) is 2.35. The Kier molecular flexibility index (Phi) is 5.09. The van der Waals surface area contributed by atoms with Crippen LogP contribution in [0.4, 0.5) is 0 Å². The number of nitrogens with one attached hydrogen (secondary N) is 1. The molecule has 1 aromatic heterocycles. The Labute approximate surface area is 125 Å². The molecule has 1 aliphatic rings. The number of likely N-dealkylation sites (tertiary alicyclic amines) is 1. The van der Waals surface area contributed by atoms with E-state index in [1.807, 2.05) is 18.7 Å². The smallest absolute Gasteiger partial charge is 0.251 e. The van der Waals surface area contributed by atoms with Crippen LogP contribution in [0.25, 0.3) is 0 Å². The number of pyridine rings is 1. The van der Waals surface area contributed by atoms with Gasteiger partial charge >= 0.3 is 0 Å². The molecule has 0 spiro atoms. The van der Waals surface area contributed by atoms with Gasteiger partial charge in [-0.3, -0.25) is 14.6 Å². The predicted molar refractivity (Wildman–Crippen MR) is 80.7 cm³/mol. The third-order valence-electron chi connectivity index (χ3n) is 3.50. The highest BCUT2D eigenvalue weighted by Crippen LogP contribution is 2.12. The van der Waals surface area contributed by atoms with Crippen molar-refractivity contribution in [3.05, 3.63) is 41.7 Å². The Balaban J connectivity index is 1.83. The highest BCUT2D eigenvalue weighted by atomic mass is 16.2. The Hall–Kier alpha value is -2.17. The number of amides is 2. The number of aromatic nitrogens is 1. The molecule has 1 fully saturated rings. The third kappa shape index (κ3) is 4.41. The van der Waals surface area contributed by atoms with Crippen molar-refractivity contribution < 1.29 is 9.59 Å². The molecule has 0 atom stereocenters. The molecule has 0 bridgehead atoms. The van der Waals surface area contributed by atoms with E-state index in [-0.39, 0.29) is 17.9 Å². The summed E-state index contributed by atoms with van der Waals surface area (Å²) in [7, 11) is 0. The lowest BCUT2D eigenvalue weighted by atomic mass is 10.0. The number of hydrogen-bond acceptors (Lipinski definition) is 3. The first-order valence-corrected chi connectivity index (χ1v) is 7.21. The van der Waals surface area contributed by atoms with Crippen molar-refractivity contribution in [1.82, 2.24) is 15.2 Å². The molecule has 112 valence electrons. The van der Waals surface area contributed by atoms with Crippen LogP contribution in [0.15, 0.2) is 36.2 Å². The van der Waals surface area contributed by atoms with Crippen molar-refractivity contribution in [2.75, 3.05) is 13.1 Å². The quantitative estimate of drug-likeness (QED) is 0.862. The Morgan fingerprint density at radius 3 is 2.43 bits per heavy atom. The van der Waals surface area contributed by atoms with Crippen molar-refractivity contribution in [2.24, 2.45) is 0 Å². The zero-order chi connectivity index (χ0) is 15.2. The molecule has 1 aromatic rings. The Morgan fingerprint density at radius 1 is 1.24 bits per heavy atom. The van der Waals surface area contributed by atoms with Gasteiger partial charge in [0.25, 0.3) is 5.91 Å². The summed E-state index contributed by atoms with van der Waals surface area (Å²) in [6.07, 6.45) is 6.46. The van der Waals surface area contributed by atoms with E-state index in [9.17, 15) is 9.59 Å². The number of carbonyl (C=O) groups excluding carboxylic acids is 2. The van der Waals surface area contributed by atoms with Crippen LogP contribution in [-0.4, -0.2) is 40.8 Å². The first-order chi connectivity index (χ1) is 10.1. The van der Waals surface area contributed by atoms with E-state index >= 15 is 0 Å². The van der Waals surface area contributed by atoms with Gasteiger partial charge in [0.15, 0.2) is 0 Å². The van der Waals surface area contributed by atoms with Gasteiger partial charge in [0.2, 0.25) is 5.91 Å². The van der Waals surface area contributed by atoms with Crippen LogP contribution in [0.5, 0.6) is 0 Å². The predicted octanol–water partition coefficient (Wildman–Crippen LogP) is 1.77. The molecule has 0 saturated carbocycles. The molecule has 1 saturated heterocycles. The van der Waals surface area contributed by atoms with Crippen LogP contribution in [0.3, 0.4) is 0 Å². The molecule has 0 unspecified atom stereocenters. The van der Waals surface area contributed by atoms with E-state index in [1.54, 1.807) is 30.6 Å². The number of rotatable bonds is 3. The molecule has 0 aromatic carbocycles. The van der Waals surface area contributed by atoms with Crippen LogP contribution in [0.1, 0.15) is 37.0 Å². The van der Waals surface area contributed by atoms with E-state index in [0.29, 0.717) is 18.7 Å². The average Bonchev–Trinajstić information content (AvgIpc) is 2.48. The lowest BCUT2D eigenvalue weighted by molar-refractivity contribution is -0.127. The molecule has 2 rings (SSSR count). The Bertz CT molecular complexity index is 528. The van der Waals surface area contributed by atoms with Crippen molar-refractivity contribution >= 4 is 11.8 Å². The van der Waals surface area contributed by atoms with Gasteiger partial charge in [-0.15, -0.1) is 0 Å². The highest BCUT2D eigenvalue weighted by molar-refractivity contribution is 5.94. The topological polar surface area (TPSA) is 62.3 Å². The fourth-order valence-electron chi connectivity index (χ4n) is 2.35. The second-order valence-corrected chi connectivity index (χ2v) is 5.53. The molecule has 1 aliphatic heterocycles. The molecule has 1 N–H and O–H groups in total. The summed E-state index contributed by atoms with van der Waals surface area (Å²) >= 11 is 0. The average molecular weight is 287 g/mol. The number of piperidine rings is 1. The van der Waals surface area contributed by atoms with Gasteiger partial charge in [-0.1, -0.05) is 5.57 Å². The number of hydrogen-bond donors (Lipinski definition) is 1. The normalized spacial score (nSPS) is 15.4. The first kappa shape index (κ1) is 15.2. The zero-order valence-corrected chi connectivity index (χ0v) is 12.5. The van der Waals surface area contributed by atoms with E-state index in [0.717, 1.165) is 18.4 Å². The van der Waals surface area contributed by atoms with E-state index in [1.165, 1.54) is 0 Å². The van der Waals surface area contributed by atoms with Gasteiger partial charge in [-0.05, 0) is 38.8 Å². The summed E-state index contributed by atoms with van der Waals surface area (Å²) in [5.74, 6) is -0.0135. The lowest BCUT2D eigenvalue weighted by Crippen LogP contribution is -2.46. The molecule has 21 heavy (non-hydrogen) atoms. The summed E-state index contributed by atoms with van der Waals surface area (Å²) < 4.78 is 0. The Morgan fingerprint density at radius 2 is 1.86 bits per heavy atom. The van der Waals surface area contributed by atoms with Crippen molar-refractivity contribution in [2.45, 2.75) is 32.7 Å². The minimum atomic E-state index is -0.0773. The fraction of sp³-hybridized carbons (Fsp3) is 0.438. The summed E-state index contributed by atoms with van der Waals surface area (Å²) in [5.41, 5.74) is 1.63. The van der Waals surface area contributed by atoms with E-state index < -0.39 is 0 Å². The summed E-state index contributed by atoms with van der Waals surface area (Å²) in [6.45, 7) is 5.20. The zero-order valence-electron chi connectivity index (χ0n) is 12.5. The molecular formula is C16H21N3O2. The van der Waals surface area contributed by atoms with Gasteiger partial charge < -0.3 is 10.2 Å². The second-order valence-electron chi connectivity index (χ2n) is 5.53. The maximum atomic E-state index is 12.0.